The molecule has 0 aliphatic carbocycles. The summed E-state index contributed by atoms with van der Waals surface area (Å²) in [4.78, 5) is 68.4. The minimum atomic E-state index is -1.26. The van der Waals surface area contributed by atoms with Gasteiger partial charge in [0.25, 0.3) is 0 Å². The molecule has 0 aliphatic rings. The number of thioether (sulfide) groups is 1. The van der Waals surface area contributed by atoms with Crippen molar-refractivity contribution in [3.63, 3.8) is 0 Å². The van der Waals surface area contributed by atoms with Gasteiger partial charge in [-0.05, 0) is 30.8 Å². The number of aliphatic carboxylic acids is 1. The molecule has 5 unspecified atom stereocenters. The van der Waals surface area contributed by atoms with Gasteiger partial charge in [-0.2, -0.15) is 11.8 Å². The van der Waals surface area contributed by atoms with E-state index in [4.69, 9.17) is 11.5 Å². The standard InChI is InChI=1S/C22H37N7O6S/c1-4-12(2)18(24)21(33)29-16(9-13-10-25-11-26-13)20(32)27-14(5-6-17(23)30)19(31)28-15(22(34)35)7-8-36-3/h10-12,14-16,18H,4-9,24H2,1-3H3,(H2,23,30)(H,25,26)(H,27,32)(H,28,31)(H,29,33)(H,34,35). The van der Waals surface area contributed by atoms with Crippen LogP contribution < -0.4 is 27.4 Å². The van der Waals surface area contributed by atoms with Gasteiger partial charge in [0.2, 0.25) is 23.6 Å². The van der Waals surface area contributed by atoms with E-state index in [1.54, 1.807) is 6.26 Å². The summed E-state index contributed by atoms with van der Waals surface area (Å²) in [5, 5.41) is 17.0. The Bertz CT molecular complexity index is 882. The Morgan fingerprint density at radius 3 is 2.19 bits per heavy atom. The van der Waals surface area contributed by atoms with Crippen LogP contribution in [0, 0.1) is 5.92 Å². The molecular weight excluding hydrogens is 490 g/mol. The quantitative estimate of drug-likeness (QED) is 0.130. The lowest BCUT2D eigenvalue weighted by atomic mass is 9.98. The average molecular weight is 528 g/mol. The molecule has 1 rings (SSSR count). The molecule has 0 aromatic carbocycles. The summed E-state index contributed by atoms with van der Waals surface area (Å²) in [6.07, 6.45) is 5.18. The van der Waals surface area contributed by atoms with Gasteiger partial charge in [0.1, 0.15) is 18.1 Å². The first-order chi connectivity index (χ1) is 17.0. The number of hydrogen-bond donors (Lipinski definition) is 7. The van der Waals surface area contributed by atoms with Crippen LogP contribution in [0.5, 0.6) is 0 Å². The van der Waals surface area contributed by atoms with Crippen LogP contribution in [-0.4, -0.2) is 80.8 Å². The van der Waals surface area contributed by atoms with Crippen LogP contribution in [0.2, 0.25) is 0 Å². The summed E-state index contributed by atoms with van der Waals surface area (Å²) < 4.78 is 0. The highest BCUT2D eigenvalue weighted by atomic mass is 32.2. The molecule has 5 atom stereocenters. The number of H-pyrrole nitrogens is 1. The predicted molar refractivity (Wildman–Crippen MR) is 135 cm³/mol. The van der Waals surface area contributed by atoms with Gasteiger partial charge in [-0.1, -0.05) is 20.3 Å². The van der Waals surface area contributed by atoms with Gasteiger partial charge in [-0.3, -0.25) is 19.2 Å². The van der Waals surface area contributed by atoms with Crippen LogP contribution in [0.3, 0.4) is 0 Å². The van der Waals surface area contributed by atoms with Crippen molar-refractivity contribution in [2.45, 2.75) is 70.1 Å². The molecule has 0 saturated heterocycles. The predicted octanol–water partition coefficient (Wildman–Crippen LogP) is -1.12. The minimum absolute atomic E-state index is 0.0282. The largest absolute Gasteiger partial charge is 0.480 e. The Morgan fingerprint density at radius 2 is 1.67 bits per heavy atom. The molecule has 0 spiro atoms. The third kappa shape index (κ3) is 10.6. The SMILES string of the molecule is CCC(C)C(N)C(=O)NC(Cc1cnc[nH]1)C(=O)NC(CCC(N)=O)C(=O)NC(CCSC)C(=O)O. The fraction of sp³-hybridized carbons (Fsp3) is 0.636. The number of aromatic amines is 1. The highest BCUT2D eigenvalue weighted by Crippen LogP contribution is 2.08. The lowest BCUT2D eigenvalue weighted by Gasteiger charge is -2.26. The van der Waals surface area contributed by atoms with E-state index in [2.05, 4.69) is 25.9 Å². The van der Waals surface area contributed by atoms with Gasteiger partial charge in [0.05, 0.1) is 12.4 Å². The molecule has 0 saturated carbocycles. The lowest BCUT2D eigenvalue weighted by molar-refractivity contribution is -0.142. The highest BCUT2D eigenvalue weighted by Gasteiger charge is 2.31. The van der Waals surface area contributed by atoms with E-state index >= 15 is 0 Å². The second-order valence-corrected chi connectivity index (χ2v) is 9.49. The van der Waals surface area contributed by atoms with Gasteiger partial charge in [-0.25, -0.2) is 9.78 Å². The Hall–Kier alpha value is -3.13. The first-order valence-electron chi connectivity index (χ1n) is 11.6. The summed E-state index contributed by atoms with van der Waals surface area (Å²) in [5.41, 5.74) is 11.8. The number of rotatable bonds is 17. The first-order valence-corrected chi connectivity index (χ1v) is 13.0. The summed E-state index contributed by atoms with van der Waals surface area (Å²) >= 11 is 1.42. The molecule has 0 fully saturated rings. The van der Waals surface area contributed by atoms with E-state index in [-0.39, 0.29) is 31.6 Å². The summed E-state index contributed by atoms with van der Waals surface area (Å²) in [7, 11) is 0. The highest BCUT2D eigenvalue weighted by molar-refractivity contribution is 7.98. The number of primary amides is 1. The van der Waals surface area contributed by atoms with Crippen LogP contribution in [-0.2, 0) is 30.4 Å². The number of imidazole rings is 1. The minimum Gasteiger partial charge on any atom is -0.480 e. The van der Waals surface area contributed by atoms with Crippen molar-refractivity contribution in [1.82, 2.24) is 25.9 Å². The molecule has 0 aliphatic heterocycles. The Balaban J connectivity index is 3.08. The number of nitrogens with one attached hydrogen (secondary N) is 4. The van der Waals surface area contributed by atoms with Crippen molar-refractivity contribution < 1.29 is 29.1 Å². The smallest absolute Gasteiger partial charge is 0.326 e. The fourth-order valence-corrected chi connectivity index (χ4v) is 3.67. The van der Waals surface area contributed by atoms with E-state index in [1.165, 1.54) is 24.3 Å². The van der Waals surface area contributed by atoms with Crippen molar-refractivity contribution in [2.24, 2.45) is 17.4 Å². The van der Waals surface area contributed by atoms with Crippen LogP contribution in [0.25, 0.3) is 0 Å². The molecule has 4 amide bonds. The van der Waals surface area contributed by atoms with Crippen molar-refractivity contribution in [1.29, 1.82) is 0 Å². The number of nitrogens with two attached hydrogens (primary N) is 2. The van der Waals surface area contributed by atoms with Gasteiger partial charge in [-0.15, -0.1) is 0 Å². The van der Waals surface area contributed by atoms with Crippen molar-refractivity contribution in [2.75, 3.05) is 12.0 Å². The number of carbonyl (C=O) groups is 5. The number of nitrogens with zero attached hydrogens (tertiary/aromatic N) is 1. The second kappa shape index (κ2) is 15.8. The topological polar surface area (TPSA) is 222 Å². The van der Waals surface area contributed by atoms with Crippen LogP contribution in [0.1, 0.15) is 45.2 Å². The zero-order valence-electron chi connectivity index (χ0n) is 20.8. The average Bonchev–Trinajstić information content (AvgIpc) is 3.35. The molecule has 14 heteroatoms. The molecule has 13 nitrogen and oxygen atoms in total. The third-order valence-corrected chi connectivity index (χ3v) is 6.35. The Kier molecular flexibility index (Phi) is 13.5. The number of carboxylic acid groups (broad SMARTS) is 1. The molecule has 0 radical (unpaired) electrons. The second-order valence-electron chi connectivity index (χ2n) is 8.50. The van der Waals surface area contributed by atoms with E-state index in [9.17, 15) is 29.1 Å². The molecule has 9 N–H and O–H groups in total. The molecule has 1 heterocycles. The monoisotopic (exact) mass is 527 g/mol. The third-order valence-electron chi connectivity index (χ3n) is 5.71. The summed E-state index contributed by atoms with van der Waals surface area (Å²) in [5.74, 6) is -3.59. The molecule has 1 aromatic heterocycles. The van der Waals surface area contributed by atoms with Gasteiger partial charge < -0.3 is 37.5 Å². The molecule has 36 heavy (non-hydrogen) atoms. The van der Waals surface area contributed by atoms with E-state index < -0.39 is 53.8 Å². The zero-order valence-corrected chi connectivity index (χ0v) is 21.6. The number of amides is 4. The Morgan fingerprint density at radius 1 is 1.06 bits per heavy atom. The van der Waals surface area contributed by atoms with E-state index in [1.807, 2.05) is 13.8 Å². The van der Waals surface area contributed by atoms with Crippen molar-refractivity contribution in [3.8, 4) is 0 Å². The van der Waals surface area contributed by atoms with Gasteiger partial charge in [0, 0.05) is 24.7 Å². The number of carbonyl (C=O) groups excluding carboxylic acids is 4. The summed E-state index contributed by atoms with van der Waals surface area (Å²) in [6.45, 7) is 3.70. The molecule has 1 aromatic rings. The fourth-order valence-electron chi connectivity index (χ4n) is 3.20. The summed E-state index contributed by atoms with van der Waals surface area (Å²) in [6, 6.07) is -4.41. The zero-order chi connectivity index (χ0) is 27.3. The van der Waals surface area contributed by atoms with Crippen LogP contribution in [0.15, 0.2) is 12.5 Å². The Labute approximate surface area is 214 Å². The van der Waals surface area contributed by atoms with Crippen LogP contribution >= 0.6 is 11.8 Å². The van der Waals surface area contributed by atoms with Crippen molar-refractivity contribution in [3.05, 3.63) is 18.2 Å². The number of aromatic nitrogens is 2. The molecule has 0 bridgehead atoms. The number of hydrogen-bond acceptors (Lipinski definition) is 8. The number of carboxylic acids is 1. The van der Waals surface area contributed by atoms with E-state index in [0.717, 1.165) is 0 Å². The maximum atomic E-state index is 13.2. The van der Waals surface area contributed by atoms with Gasteiger partial charge in [0.15, 0.2) is 0 Å². The molecule has 202 valence electrons. The van der Waals surface area contributed by atoms with Gasteiger partial charge >= 0.3 is 5.97 Å². The maximum Gasteiger partial charge on any atom is 0.326 e. The lowest BCUT2D eigenvalue weighted by Crippen LogP contribution is -2.58. The first kappa shape index (κ1) is 30.9. The molecular formula is C22H37N7O6S. The maximum absolute atomic E-state index is 13.2. The normalized spacial score (nSPS) is 15.1. The van der Waals surface area contributed by atoms with Crippen LogP contribution in [0.4, 0.5) is 0 Å². The van der Waals surface area contributed by atoms with E-state index in [0.29, 0.717) is 17.9 Å². The van der Waals surface area contributed by atoms with Crippen molar-refractivity contribution >= 4 is 41.4 Å².